The molecule has 5 nitrogen and oxygen atoms in total. The Bertz CT molecular complexity index is 1570. The molecule has 0 bridgehead atoms. The summed E-state index contributed by atoms with van der Waals surface area (Å²) in [5, 5.41) is 9.13. The summed E-state index contributed by atoms with van der Waals surface area (Å²) in [5.41, 5.74) is 4.08. The molecule has 1 atom stereocenters. The van der Waals surface area contributed by atoms with Crippen molar-refractivity contribution in [2.45, 2.75) is 12.5 Å². The second-order valence-corrected chi connectivity index (χ2v) is 9.35. The van der Waals surface area contributed by atoms with Gasteiger partial charge in [-0.25, -0.2) is 15.0 Å². The van der Waals surface area contributed by atoms with Gasteiger partial charge >= 0.3 is 0 Å². The third kappa shape index (κ3) is 4.06. The monoisotopic (exact) mass is 518 g/mol. The van der Waals surface area contributed by atoms with Crippen LogP contribution in [-0.2, 0) is 0 Å². The molecule has 3 heterocycles. The molecule has 0 saturated heterocycles. The highest BCUT2D eigenvalue weighted by molar-refractivity contribution is 6.42. The molecule has 0 unspecified atom stereocenters. The molecule has 0 radical (unpaired) electrons. The highest BCUT2D eigenvalue weighted by Crippen LogP contribution is 2.41. The normalized spacial score (nSPS) is 15.6. The zero-order valence-electron chi connectivity index (χ0n) is 18.2. The summed E-state index contributed by atoms with van der Waals surface area (Å²) in [4.78, 5) is 9.85. The highest BCUT2D eigenvalue weighted by Gasteiger charge is 2.34. The van der Waals surface area contributed by atoms with E-state index in [4.69, 9.17) is 54.3 Å². The van der Waals surface area contributed by atoms with Crippen LogP contribution in [0.4, 0.5) is 5.95 Å². The van der Waals surface area contributed by atoms with E-state index in [1.54, 1.807) is 17.3 Å². The first-order valence-corrected chi connectivity index (χ1v) is 12.1. The molecule has 2 aromatic heterocycles. The van der Waals surface area contributed by atoms with Gasteiger partial charge in [0.05, 0.1) is 33.6 Å². The lowest BCUT2D eigenvalue weighted by atomic mass is 10.0. The molecule has 0 aliphatic carbocycles. The van der Waals surface area contributed by atoms with Gasteiger partial charge in [-0.1, -0.05) is 77.3 Å². The molecule has 0 amide bonds. The van der Waals surface area contributed by atoms with Crippen LogP contribution in [0, 0.1) is 0 Å². The van der Waals surface area contributed by atoms with Crippen molar-refractivity contribution >= 4 is 57.4 Å². The third-order valence-corrected chi connectivity index (χ3v) is 7.02. The van der Waals surface area contributed by atoms with Crippen molar-refractivity contribution in [1.29, 1.82) is 0 Å². The SMILES string of the molecule is Clc1ccc2c(-c3ccccc3)nc(N3N=C(c4ccco4)C[C@H]3c3cccc(Cl)c3Cl)nc2c1. The van der Waals surface area contributed by atoms with E-state index in [9.17, 15) is 0 Å². The first-order valence-electron chi connectivity index (χ1n) is 11.0. The van der Waals surface area contributed by atoms with Gasteiger partial charge < -0.3 is 4.42 Å². The van der Waals surface area contributed by atoms with Gasteiger partial charge in [-0.15, -0.1) is 0 Å². The Morgan fingerprint density at radius 1 is 0.857 bits per heavy atom. The van der Waals surface area contributed by atoms with E-state index < -0.39 is 0 Å². The molecule has 5 aromatic rings. The van der Waals surface area contributed by atoms with E-state index >= 15 is 0 Å². The van der Waals surface area contributed by atoms with Crippen LogP contribution in [0.15, 0.2) is 94.6 Å². The standard InChI is InChI=1S/C27H17Cl3N4O/c28-17-11-12-18-21(14-17)31-27(32-26(18)16-6-2-1-3-7-16)34-23(19-8-4-9-20(29)25(19)30)15-22(33-34)24-10-5-13-35-24/h1-14,23H,15H2/t23-/m0/s1. The zero-order valence-corrected chi connectivity index (χ0v) is 20.5. The summed E-state index contributed by atoms with van der Waals surface area (Å²) in [6.45, 7) is 0. The Morgan fingerprint density at radius 3 is 2.51 bits per heavy atom. The fraction of sp³-hybridized carbons (Fsp3) is 0.0741. The summed E-state index contributed by atoms with van der Waals surface area (Å²) >= 11 is 19.4. The summed E-state index contributed by atoms with van der Waals surface area (Å²) in [6.07, 6.45) is 2.18. The number of fused-ring (bicyclic) bond motifs is 1. The lowest BCUT2D eigenvalue weighted by Gasteiger charge is -2.24. The third-order valence-electron chi connectivity index (χ3n) is 5.96. The molecule has 0 fully saturated rings. The molecular formula is C27H17Cl3N4O. The molecule has 35 heavy (non-hydrogen) atoms. The van der Waals surface area contributed by atoms with Gasteiger partial charge in [-0.3, -0.25) is 0 Å². The Labute approximate surface area is 216 Å². The molecule has 8 heteroatoms. The molecule has 3 aromatic carbocycles. The number of benzene rings is 3. The summed E-state index contributed by atoms with van der Waals surface area (Å²) in [6, 6.07) is 24.6. The van der Waals surface area contributed by atoms with Crippen LogP contribution in [0.5, 0.6) is 0 Å². The number of nitrogens with zero attached hydrogens (tertiary/aromatic N) is 4. The number of hydrogen-bond donors (Lipinski definition) is 0. The number of halogens is 3. The first kappa shape index (κ1) is 22.1. The van der Waals surface area contributed by atoms with Gasteiger partial charge in [0.15, 0.2) is 0 Å². The van der Waals surface area contributed by atoms with Gasteiger partial charge in [0.1, 0.15) is 11.5 Å². The maximum absolute atomic E-state index is 6.65. The number of hydrazone groups is 1. The van der Waals surface area contributed by atoms with Crippen LogP contribution in [0.1, 0.15) is 23.8 Å². The van der Waals surface area contributed by atoms with E-state index in [-0.39, 0.29) is 6.04 Å². The average molecular weight is 520 g/mol. The lowest BCUT2D eigenvalue weighted by Crippen LogP contribution is -2.21. The minimum atomic E-state index is -0.276. The van der Waals surface area contributed by atoms with E-state index in [0.29, 0.717) is 33.2 Å². The predicted octanol–water partition coefficient (Wildman–Crippen LogP) is 8.21. The van der Waals surface area contributed by atoms with Crippen molar-refractivity contribution in [3.8, 4) is 11.3 Å². The predicted molar refractivity (Wildman–Crippen MR) is 142 cm³/mol. The summed E-state index contributed by atoms with van der Waals surface area (Å²) in [7, 11) is 0. The quantitative estimate of drug-likeness (QED) is 0.240. The molecule has 172 valence electrons. The number of furan rings is 1. The number of anilines is 1. The van der Waals surface area contributed by atoms with Crippen LogP contribution in [0.2, 0.25) is 15.1 Å². The number of hydrogen-bond acceptors (Lipinski definition) is 5. The smallest absolute Gasteiger partial charge is 0.247 e. The minimum absolute atomic E-state index is 0.276. The van der Waals surface area contributed by atoms with Gasteiger partial charge in [-0.05, 0) is 42.0 Å². The van der Waals surface area contributed by atoms with E-state index in [0.717, 1.165) is 33.4 Å². The Morgan fingerprint density at radius 2 is 1.71 bits per heavy atom. The minimum Gasteiger partial charge on any atom is -0.463 e. The summed E-state index contributed by atoms with van der Waals surface area (Å²) in [5.74, 6) is 1.11. The van der Waals surface area contributed by atoms with Crippen LogP contribution >= 0.6 is 34.8 Å². The summed E-state index contributed by atoms with van der Waals surface area (Å²) < 4.78 is 5.64. The molecule has 0 N–H and O–H groups in total. The van der Waals surface area contributed by atoms with Crippen molar-refractivity contribution in [2.75, 3.05) is 5.01 Å². The van der Waals surface area contributed by atoms with Crippen LogP contribution in [0.3, 0.4) is 0 Å². The number of rotatable bonds is 4. The van der Waals surface area contributed by atoms with Crippen molar-refractivity contribution < 1.29 is 4.42 Å². The maximum Gasteiger partial charge on any atom is 0.247 e. The van der Waals surface area contributed by atoms with Gasteiger partial charge in [0.2, 0.25) is 5.95 Å². The van der Waals surface area contributed by atoms with Gasteiger partial charge in [0, 0.05) is 22.4 Å². The van der Waals surface area contributed by atoms with Crippen LogP contribution in [0.25, 0.3) is 22.2 Å². The van der Waals surface area contributed by atoms with E-state index in [1.807, 2.05) is 72.8 Å². The fourth-order valence-electron chi connectivity index (χ4n) is 4.32. The highest BCUT2D eigenvalue weighted by atomic mass is 35.5. The lowest BCUT2D eigenvalue weighted by molar-refractivity contribution is 0.556. The van der Waals surface area contributed by atoms with Gasteiger partial charge in [-0.2, -0.15) is 5.10 Å². The Kier molecular flexibility index (Phi) is 5.69. The van der Waals surface area contributed by atoms with Crippen molar-refractivity contribution in [1.82, 2.24) is 9.97 Å². The maximum atomic E-state index is 6.65. The first-order chi connectivity index (χ1) is 17.1. The molecular weight excluding hydrogens is 503 g/mol. The van der Waals surface area contributed by atoms with E-state index in [1.165, 1.54) is 0 Å². The van der Waals surface area contributed by atoms with Crippen molar-refractivity contribution in [3.63, 3.8) is 0 Å². The second-order valence-electron chi connectivity index (χ2n) is 8.13. The van der Waals surface area contributed by atoms with Crippen molar-refractivity contribution in [2.24, 2.45) is 5.10 Å². The average Bonchev–Trinajstić information content (AvgIpc) is 3.56. The fourth-order valence-corrected chi connectivity index (χ4v) is 4.92. The second kappa shape index (κ2) is 9.00. The van der Waals surface area contributed by atoms with E-state index in [2.05, 4.69) is 0 Å². The molecule has 0 spiro atoms. The molecule has 6 rings (SSSR count). The molecule has 1 aliphatic rings. The largest absolute Gasteiger partial charge is 0.463 e. The topological polar surface area (TPSA) is 54.5 Å². The Hall–Kier alpha value is -3.38. The van der Waals surface area contributed by atoms with Crippen LogP contribution < -0.4 is 5.01 Å². The van der Waals surface area contributed by atoms with Crippen molar-refractivity contribution in [3.05, 3.63) is 112 Å². The zero-order chi connectivity index (χ0) is 23.9. The molecule has 0 saturated carbocycles. The van der Waals surface area contributed by atoms with Crippen LogP contribution in [-0.4, -0.2) is 15.7 Å². The van der Waals surface area contributed by atoms with Gasteiger partial charge in [0.25, 0.3) is 0 Å². The Balaban J connectivity index is 1.57. The number of aromatic nitrogens is 2. The molecule has 1 aliphatic heterocycles.